The number of halogens is 1. The van der Waals surface area contributed by atoms with E-state index in [1.807, 2.05) is 0 Å². The molecule has 2 aromatic carbocycles. The van der Waals surface area contributed by atoms with E-state index in [0.717, 1.165) is 6.07 Å². The van der Waals surface area contributed by atoms with Gasteiger partial charge in [0.15, 0.2) is 5.78 Å². The highest BCUT2D eigenvalue weighted by Crippen LogP contribution is 2.24. The minimum Gasteiger partial charge on any atom is -0.496 e. The van der Waals surface area contributed by atoms with Crippen LogP contribution in [0.4, 0.5) is 10.1 Å². The lowest BCUT2D eigenvalue weighted by atomic mass is 10.0. The molecule has 0 spiro atoms. The molecule has 2 aromatic rings. The Bertz CT molecular complexity index is 596. The standard InChI is InChI=1S/C14H12FNO2/c1-18-13-5-3-2-4-10(13)14(17)11-8-9(15)6-7-12(11)16/h2-8H,16H2,1H3. The Morgan fingerprint density at radius 2 is 1.89 bits per heavy atom. The highest BCUT2D eigenvalue weighted by atomic mass is 19.1. The van der Waals surface area contributed by atoms with Crippen molar-refractivity contribution in [1.29, 1.82) is 0 Å². The summed E-state index contributed by atoms with van der Waals surface area (Å²) in [5, 5.41) is 0. The number of ketones is 1. The predicted molar refractivity (Wildman–Crippen MR) is 67.2 cm³/mol. The highest BCUT2D eigenvalue weighted by molar-refractivity contribution is 6.13. The molecule has 2 N–H and O–H groups in total. The number of carbonyl (C=O) groups is 1. The Kier molecular flexibility index (Phi) is 3.28. The van der Waals surface area contributed by atoms with E-state index in [0.29, 0.717) is 11.3 Å². The smallest absolute Gasteiger partial charge is 0.198 e. The molecule has 0 heterocycles. The van der Waals surface area contributed by atoms with Crippen LogP contribution in [-0.4, -0.2) is 12.9 Å². The van der Waals surface area contributed by atoms with Crippen molar-refractivity contribution in [2.75, 3.05) is 12.8 Å². The van der Waals surface area contributed by atoms with Crippen LogP contribution in [0.1, 0.15) is 15.9 Å². The molecular formula is C14H12FNO2. The number of nitrogens with two attached hydrogens (primary N) is 1. The quantitative estimate of drug-likeness (QED) is 0.668. The zero-order valence-electron chi connectivity index (χ0n) is 9.81. The van der Waals surface area contributed by atoms with Gasteiger partial charge in [0.2, 0.25) is 0 Å². The Balaban J connectivity index is 2.51. The maximum absolute atomic E-state index is 13.2. The van der Waals surface area contributed by atoms with Gasteiger partial charge in [0.1, 0.15) is 11.6 Å². The van der Waals surface area contributed by atoms with Gasteiger partial charge in [-0.05, 0) is 30.3 Å². The van der Waals surface area contributed by atoms with E-state index in [1.165, 1.54) is 19.2 Å². The molecule has 0 aliphatic carbocycles. The van der Waals surface area contributed by atoms with Crippen LogP contribution < -0.4 is 10.5 Å². The second-order valence-corrected chi connectivity index (χ2v) is 3.76. The number of ether oxygens (including phenoxy) is 1. The first kappa shape index (κ1) is 12.1. The average Bonchev–Trinajstić information content (AvgIpc) is 2.40. The number of para-hydroxylation sites is 1. The fourth-order valence-corrected chi connectivity index (χ4v) is 1.70. The number of benzene rings is 2. The maximum atomic E-state index is 13.2. The van der Waals surface area contributed by atoms with Crippen molar-refractivity contribution in [2.24, 2.45) is 0 Å². The first-order valence-corrected chi connectivity index (χ1v) is 5.36. The third-order valence-electron chi connectivity index (χ3n) is 2.61. The molecule has 0 amide bonds. The van der Waals surface area contributed by atoms with Crippen molar-refractivity contribution in [3.63, 3.8) is 0 Å². The minimum atomic E-state index is -0.498. The summed E-state index contributed by atoms with van der Waals surface area (Å²) in [6.45, 7) is 0. The van der Waals surface area contributed by atoms with E-state index in [1.54, 1.807) is 24.3 Å². The summed E-state index contributed by atoms with van der Waals surface area (Å²) in [6.07, 6.45) is 0. The van der Waals surface area contributed by atoms with Crippen molar-refractivity contribution >= 4 is 11.5 Å². The number of nitrogen functional groups attached to an aromatic ring is 1. The number of hydrogen-bond donors (Lipinski definition) is 1. The van der Waals surface area contributed by atoms with Crippen LogP contribution in [0.3, 0.4) is 0 Å². The van der Waals surface area contributed by atoms with Crippen molar-refractivity contribution in [1.82, 2.24) is 0 Å². The van der Waals surface area contributed by atoms with E-state index in [9.17, 15) is 9.18 Å². The molecule has 4 heteroatoms. The minimum absolute atomic E-state index is 0.138. The lowest BCUT2D eigenvalue weighted by Crippen LogP contribution is -2.07. The second kappa shape index (κ2) is 4.87. The normalized spacial score (nSPS) is 10.1. The Morgan fingerprint density at radius 3 is 2.61 bits per heavy atom. The zero-order chi connectivity index (χ0) is 13.1. The monoisotopic (exact) mass is 245 g/mol. The van der Waals surface area contributed by atoms with Gasteiger partial charge in [0, 0.05) is 11.3 Å². The fourth-order valence-electron chi connectivity index (χ4n) is 1.70. The molecule has 0 aliphatic heterocycles. The molecule has 0 bridgehead atoms. The molecular weight excluding hydrogens is 233 g/mol. The molecule has 2 rings (SSSR count). The molecule has 0 saturated heterocycles. The molecule has 0 saturated carbocycles. The van der Waals surface area contributed by atoms with Crippen molar-refractivity contribution in [3.8, 4) is 5.75 Å². The summed E-state index contributed by atoms with van der Waals surface area (Å²) >= 11 is 0. The van der Waals surface area contributed by atoms with E-state index in [4.69, 9.17) is 10.5 Å². The first-order valence-electron chi connectivity index (χ1n) is 5.36. The van der Waals surface area contributed by atoms with E-state index < -0.39 is 5.82 Å². The second-order valence-electron chi connectivity index (χ2n) is 3.76. The Morgan fingerprint density at radius 1 is 1.17 bits per heavy atom. The lowest BCUT2D eigenvalue weighted by molar-refractivity contribution is 0.103. The lowest BCUT2D eigenvalue weighted by Gasteiger charge is -2.09. The van der Waals surface area contributed by atoms with Crippen LogP contribution >= 0.6 is 0 Å². The van der Waals surface area contributed by atoms with Crippen LogP contribution in [0, 0.1) is 5.82 Å². The van der Waals surface area contributed by atoms with Gasteiger partial charge in [-0.2, -0.15) is 0 Å². The summed E-state index contributed by atoms with van der Waals surface area (Å²) in [4.78, 5) is 12.3. The molecule has 0 atom stereocenters. The van der Waals surface area contributed by atoms with Gasteiger partial charge in [-0.25, -0.2) is 4.39 Å². The SMILES string of the molecule is COc1ccccc1C(=O)c1cc(F)ccc1N. The number of hydrogen-bond acceptors (Lipinski definition) is 3. The van der Waals surface area contributed by atoms with Crippen LogP contribution in [0.15, 0.2) is 42.5 Å². The summed E-state index contributed by atoms with van der Waals surface area (Å²) in [7, 11) is 1.47. The van der Waals surface area contributed by atoms with Gasteiger partial charge in [-0.15, -0.1) is 0 Å². The van der Waals surface area contributed by atoms with Crippen molar-refractivity contribution in [3.05, 3.63) is 59.4 Å². The zero-order valence-corrected chi connectivity index (χ0v) is 9.81. The molecule has 3 nitrogen and oxygen atoms in total. The van der Waals surface area contributed by atoms with Crippen molar-refractivity contribution in [2.45, 2.75) is 0 Å². The van der Waals surface area contributed by atoms with Gasteiger partial charge in [0.05, 0.1) is 12.7 Å². The number of anilines is 1. The summed E-state index contributed by atoms with van der Waals surface area (Å²) in [6, 6.07) is 10.5. The maximum Gasteiger partial charge on any atom is 0.198 e. The third-order valence-corrected chi connectivity index (χ3v) is 2.61. The highest BCUT2D eigenvalue weighted by Gasteiger charge is 2.16. The largest absolute Gasteiger partial charge is 0.496 e. The first-order chi connectivity index (χ1) is 8.63. The molecule has 0 aromatic heterocycles. The molecule has 0 radical (unpaired) electrons. The third kappa shape index (κ3) is 2.18. The molecule has 0 aliphatic rings. The molecule has 0 unspecified atom stereocenters. The van der Waals surface area contributed by atoms with Gasteiger partial charge < -0.3 is 10.5 Å². The van der Waals surface area contributed by atoms with Gasteiger partial charge >= 0.3 is 0 Å². The van der Waals surface area contributed by atoms with Crippen LogP contribution in [-0.2, 0) is 0 Å². The van der Waals surface area contributed by atoms with Gasteiger partial charge in [-0.3, -0.25) is 4.79 Å². The summed E-state index contributed by atoms with van der Waals surface area (Å²) in [5.74, 6) is -0.418. The van der Waals surface area contributed by atoms with Crippen LogP contribution in [0.2, 0.25) is 0 Å². The van der Waals surface area contributed by atoms with Crippen LogP contribution in [0.25, 0.3) is 0 Å². The Labute approximate surface area is 104 Å². The predicted octanol–water partition coefficient (Wildman–Crippen LogP) is 2.65. The Hall–Kier alpha value is -2.36. The van der Waals surface area contributed by atoms with E-state index in [-0.39, 0.29) is 17.0 Å². The molecule has 18 heavy (non-hydrogen) atoms. The fraction of sp³-hybridized carbons (Fsp3) is 0.0714. The molecule has 92 valence electrons. The summed E-state index contributed by atoms with van der Waals surface area (Å²) in [5.41, 5.74) is 6.43. The van der Waals surface area contributed by atoms with E-state index in [2.05, 4.69) is 0 Å². The average molecular weight is 245 g/mol. The van der Waals surface area contributed by atoms with Crippen molar-refractivity contribution < 1.29 is 13.9 Å². The van der Waals surface area contributed by atoms with E-state index >= 15 is 0 Å². The number of rotatable bonds is 3. The summed E-state index contributed by atoms with van der Waals surface area (Å²) < 4.78 is 18.3. The topological polar surface area (TPSA) is 52.3 Å². The van der Waals surface area contributed by atoms with Crippen LogP contribution in [0.5, 0.6) is 5.75 Å². The van der Waals surface area contributed by atoms with Gasteiger partial charge in [0.25, 0.3) is 0 Å². The number of carbonyl (C=O) groups excluding carboxylic acids is 1. The molecule has 0 fully saturated rings. The number of methoxy groups -OCH3 is 1. The van der Waals surface area contributed by atoms with Gasteiger partial charge in [-0.1, -0.05) is 12.1 Å².